The number of carbonyl (C=O) groups excluding carboxylic acids is 2. The van der Waals surface area contributed by atoms with Gasteiger partial charge in [0.05, 0.1) is 5.92 Å². The highest BCUT2D eigenvalue weighted by atomic mass is 16.2. The summed E-state index contributed by atoms with van der Waals surface area (Å²) in [6.07, 6.45) is 5.19. The number of piperidine rings is 2. The van der Waals surface area contributed by atoms with Crippen LogP contribution in [-0.2, 0) is 4.79 Å². The Morgan fingerprint density at radius 2 is 1.95 bits per heavy atom. The molecule has 2 atom stereocenters. The fourth-order valence-electron chi connectivity index (χ4n) is 3.47. The first kappa shape index (κ1) is 17.1. The number of hydrogen-bond acceptors (Lipinski definition) is 3. The maximum Gasteiger partial charge on any atom is 0.317 e. The summed E-state index contributed by atoms with van der Waals surface area (Å²) in [4.78, 5) is 27.5. The van der Waals surface area contributed by atoms with E-state index in [0.717, 1.165) is 58.4 Å². The molecule has 2 saturated heterocycles. The van der Waals surface area contributed by atoms with Gasteiger partial charge in [0.2, 0.25) is 5.91 Å². The maximum absolute atomic E-state index is 12.1. The summed E-state index contributed by atoms with van der Waals surface area (Å²) < 4.78 is 0. The molecule has 2 aliphatic heterocycles. The summed E-state index contributed by atoms with van der Waals surface area (Å²) in [5.74, 6) is 0.425. The minimum Gasteiger partial charge on any atom is -0.369 e. The van der Waals surface area contributed by atoms with E-state index in [9.17, 15) is 9.59 Å². The molecule has 0 spiro atoms. The highest BCUT2D eigenvalue weighted by Crippen LogP contribution is 2.16. The lowest BCUT2D eigenvalue weighted by molar-refractivity contribution is -0.123. The summed E-state index contributed by atoms with van der Waals surface area (Å²) >= 11 is 0. The highest BCUT2D eigenvalue weighted by molar-refractivity contribution is 5.77. The lowest BCUT2D eigenvalue weighted by Crippen LogP contribution is -2.46. The van der Waals surface area contributed by atoms with Crippen molar-refractivity contribution in [2.24, 2.45) is 17.6 Å². The Morgan fingerprint density at radius 3 is 2.68 bits per heavy atom. The van der Waals surface area contributed by atoms with E-state index in [1.165, 1.54) is 6.42 Å². The summed E-state index contributed by atoms with van der Waals surface area (Å²) in [6, 6.07) is 0.0696. The summed E-state index contributed by atoms with van der Waals surface area (Å²) in [5, 5.41) is 3.02. The van der Waals surface area contributed by atoms with Gasteiger partial charge in [0.1, 0.15) is 0 Å². The third-order valence-electron chi connectivity index (χ3n) is 4.78. The normalized spacial score (nSPS) is 26.7. The molecule has 2 aliphatic rings. The average molecular weight is 310 g/mol. The molecule has 0 radical (unpaired) electrons. The van der Waals surface area contributed by atoms with Crippen LogP contribution in [-0.4, -0.2) is 61.0 Å². The molecule has 6 heteroatoms. The van der Waals surface area contributed by atoms with Crippen molar-refractivity contribution >= 4 is 11.9 Å². The molecular formula is C16H30N4O2. The average Bonchev–Trinajstić information content (AvgIpc) is 2.51. The van der Waals surface area contributed by atoms with E-state index >= 15 is 0 Å². The van der Waals surface area contributed by atoms with E-state index in [4.69, 9.17) is 5.73 Å². The van der Waals surface area contributed by atoms with Crippen molar-refractivity contribution < 1.29 is 9.59 Å². The third kappa shape index (κ3) is 5.16. The minimum atomic E-state index is -0.183. The van der Waals surface area contributed by atoms with E-state index in [2.05, 4.69) is 17.1 Å². The number of urea groups is 1. The van der Waals surface area contributed by atoms with E-state index in [1.807, 2.05) is 4.90 Å². The standard InChI is InChI=1S/C16H30N4O2/c1-13-5-2-10-20(11-13)16(22)18-7-4-9-19-8-3-6-14(12-19)15(17)21/h13-14H,2-12H2,1H3,(H2,17,21)(H,18,22). The number of amides is 3. The van der Waals surface area contributed by atoms with Gasteiger partial charge in [-0.2, -0.15) is 0 Å². The Hall–Kier alpha value is -1.30. The molecule has 3 N–H and O–H groups in total. The second-order valence-corrected chi connectivity index (χ2v) is 6.82. The van der Waals surface area contributed by atoms with Crippen molar-refractivity contribution in [1.29, 1.82) is 0 Å². The van der Waals surface area contributed by atoms with Gasteiger partial charge in [-0.15, -0.1) is 0 Å². The number of carbonyl (C=O) groups is 2. The lowest BCUT2D eigenvalue weighted by atomic mass is 9.97. The zero-order valence-corrected chi connectivity index (χ0v) is 13.7. The number of hydrogen-bond donors (Lipinski definition) is 2. The molecule has 3 amide bonds. The van der Waals surface area contributed by atoms with Crippen LogP contribution in [0, 0.1) is 11.8 Å². The van der Waals surface area contributed by atoms with Crippen molar-refractivity contribution in [2.75, 3.05) is 39.3 Å². The predicted molar refractivity (Wildman–Crippen MR) is 86.3 cm³/mol. The van der Waals surface area contributed by atoms with E-state index < -0.39 is 0 Å². The molecular weight excluding hydrogens is 280 g/mol. The van der Waals surface area contributed by atoms with Crippen LogP contribution in [0.15, 0.2) is 0 Å². The van der Waals surface area contributed by atoms with Crippen LogP contribution in [0.25, 0.3) is 0 Å². The van der Waals surface area contributed by atoms with Crippen LogP contribution in [0.5, 0.6) is 0 Å². The molecule has 0 bridgehead atoms. The zero-order valence-electron chi connectivity index (χ0n) is 13.7. The van der Waals surface area contributed by atoms with Gasteiger partial charge in [-0.3, -0.25) is 4.79 Å². The first-order valence-electron chi connectivity index (χ1n) is 8.60. The van der Waals surface area contributed by atoms with Crippen LogP contribution in [0.1, 0.15) is 39.0 Å². The van der Waals surface area contributed by atoms with Crippen molar-refractivity contribution in [3.63, 3.8) is 0 Å². The molecule has 2 rings (SSSR count). The second kappa shape index (κ2) is 8.36. The smallest absolute Gasteiger partial charge is 0.317 e. The highest BCUT2D eigenvalue weighted by Gasteiger charge is 2.24. The van der Waals surface area contributed by atoms with Crippen molar-refractivity contribution in [1.82, 2.24) is 15.1 Å². The number of nitrogens with two attached hydrogens (primary N) is 1. The van der Waals surface area contributed by atoms with Crippen LogP contribution in [0.3, 0.4) is 0 Å². The number of nitrogens with zero attached hydrogens (tertiary/aromatic N) is 2. The van der Waals surface area contributed by atoms with Gasteiger partial charge in [-0.25, -0.2) is 4.79 Å². The summed E-state index contributed by atoms with van der Waals surface area (Å²) in [5.41, 5.74) is 5.39. The summed E-state index contributed by atoms with van der Waals surface area (Å²) in [6.45, 7) is 7.36. The molecule has 0 aromatic carbocycles. The van der Waals surface area contributed by atoms with Crippen LogP contribution < -0.4 is 11.1 Å². The quantitative estimate of drug-likeness (QED) is 0.744. The molecule has 0 saturated carbocycles. The van der Waals surface area contributed by atoms with Gasteiger partial charge in [0.15, 0.2) is 0 Å². The maximum atomic E-state index is 12.1. The molecule has 0 aromatic heterocycles. The Morgan fingerprint density at radius 1 is 1.18 bits per heavy atom. The molecule has 2 heterocycles. The van der Waals surface area contributed by atoms with Crippen LogP contribution >= 0.6 is 0 Å². The first-order valence-corrected chi connectivity index (χ1v) is 8.60. The van der Waals surface area contributed by atoms with Gasteiger partial charge in [-0.1, -0.05) is 6.92 Å². The summed E-state index contributed by atoms with van der Waals surface area (Å²) in [7, 11) is 0. The SMILES string of the molecule is CC1CCCN(C(=O)NCCCN2CCCC(C(N)=O)C2)C1. The number of likely N-dealkylation sites (tertiary alicyclic amines) is 2. The molecule has 2 fully saturated rings. The molecule has 6 nitrogen and oxygen atoms in total. The fourth-order valence-corrected chi connectivity index (χ4v) is 3.47. The largest absolute Gasteiger partial charge is 0.369 e. The number of nitrogens with one attached hydrogen (secondary N) is 1. The topological polar surface area (TPSA) is 78.7 Å². The number of primary amides is 1. The van der Waals surface area contributed by atoms with Crippen LogP contribution in [0.2, 0.25) is 0 Å². The van der Waals surface area contributed by atoms with Crippen molar-refractivity contribution in [3.05, 3.63) is 0 Å². The zero-order chi connectivity index (χ0) is 15.9. The number of rotatable bonds is 5. The molecule has 2 unspecified atom stereocenters. The Balaban J connectivity index is 1.60. The Bertz CT molecular complexity index is 388. The van der Waals surface area contributed by atoms with Crippen molar-refractivity contribution in [2.45, 2.75) is 39.0 Å². The Labute approximate surface area is 133 Å². The van der Waals surface area contributed by atoms with Crippen LogP contribution in [0.4, 0.5) is 4.79 Å². The van der Waals surface area contributed by atoms with E-state index in [0.29, 0.717) is 12.5 Å². The Kier molecular flexibility index (Phi) is 6.49. The van der Waals surface area contributed by atoms with Gasteiger partial charge in [0, 0.05) is 26.2 Å². The van der Waals surface area contributed by atoms with Crippen molar-refractivity contribution in [3.8, 4) is 0 Å². The molecule has 0 aromatic rings. The minimum absolute atomic E-state index is 0.00169. The second-order valence-electron chi connectivity index (χ2n) is 6.82. The molecule has 22 heavy (non-hydrogen) atoms. The van der Waals surface area contributed by atoms with E-state index in [-0.39, 0.29) is 17.9 Å². The first-order chi connectivity index (χ1) is 10.6. The van der Waals surface area contributed by atoms with Gasteiger partial charge < -0.3 is 20.9 Å². The van der Waals surface area contributed by atoms with Gasteiger partial charge in [-0.05, 0) is 51.1 Å². The predicted octanol–water partition coefficient (Wildman–Crippen LogP) is 1.02. The molecule has 0 aliphatic carbocycles. The molecule has 126 valence electrons. The monoisotopic (exact) mass is 310 g/mol. The van der Waals surface area contributed by atoms with Gasteiger partial charge >= 0.3 is 6.03 Å². The van der Waals surface area contributed by atoms with Gasteiger partial charge in [0.25, 0.3) is 0 Å². The fraction of sp³-hybridized carbons (Fsp3) is 0.875. The third-order valence-corrected chi connectivity index (χ3v) is 4.78. The lowest BCUT2D eigenvalue weighted by Gasteiger charge is -2.32. The van der Waals surface area contributed by atoms with E-state index in [1.54, 1.807) is 0 Å².